The highest BCUT2D eigenvalue weighted by molar-refractivity contribution is 7.80. The van der Waals surface area contributed by atoms with Crippen molar-refractivity contribution in [1.82, 2.24) is 0 Å². The Kier molecular flexibility index (Phi) is 8.49. The van der Waals surface area contributed by atoms with E-state index in [0.29, 0.717) is 0 Å². The molecule has 1 aromatic rings. The Labute approximate surface area is 123 Å². The van der Waals surface area contributed by atoms with E-state index in [0.717, 1.165) is 0 Å². The van der Waals surface area contributed by atoms with E-state index in [-0.39, 0.29) is 17.8 Å². The van der Waals surface area contributed by atoms with Gasteiger partial charge in [-0.1, -0.05) is 18.2 Å². The minimum atomic E-state index is -3.92. The van der Waals surface area contributed by atoms with Crippen LogP contribution in [-0.4, -0.2) is 23.0 Å². The molecule has 6 nitrogen and oxygen atoms in total. The van der Waals surface area contributed by atoms with Gasteiger partial charge in [0.1, 0.15) is 11.8 Å². The summed E-state index contributed by atoms with van der Waals surface area (Å²) in [5.41, 5.74) is 5.21. The van der Waals surface area contributed by atoms with Gasteiger partial charge in [0.15, 0.2) is 0 Å². The lowest BCUT2D eigenvalue weighted by Crippen LogP contribution is -2.30. The summed E-state index contributed by atoms with van der Waals surface area (Å²) in [6, 6.07) is 7.72. The Morgan fingerprint density at radius 2 is 1.80 bits per heavy atom. The van der Waals surface area contributed by atoms with Crippen molar-refractivity contribution in [2.24, 2.45) is 5.73 Å². The van der Waals surface area contributed by atoms with E-state index in [4.69, 9.17) is 26.6 Å². The fourth-order valence-electron chi connectivity index (χ4n) is 0.951. The number of benzene rings is 1. The summed E-state index contributed by atoms with van der Waals surface area (Å²) in [5, 5.41) is 0. The van der Waals surface area contributed by atoms with E-state index < -0.39 is 13.0 Å². The zero-order valence-electron chi connectivity index (χ0n) is 11.5. The average molecular weight is 324 g/mol. The van der Waals surface area contributed by atoms with Gasteiger partial charge in [0.2, 0.25) is 0 Å². The predicted molar refractivity (Wildman–Crippen MR) is 77.6 cm³/mol. The number of para-hydroxylation sites is 1. The molecule has 1 rings (SSSR count). The minimum absolute atomic E-state index is 0.0662. The molecule has 0 saturated carbocycles. The Morgan fingerprint density at radius 3 is 2.10 bits per heavy atom. The predicted octanol–water partition coefficient (Wildman–Crippen LogP) is 2.69. The quantitative estimate of drug-likeness (QED) is 0.653. The summed E-state index contributed by atoms with van der Waals surface area (Å²) in [5.74, 6) is -0.0571. The zero-order valence-corrected chi connectivity index (χ0v) is 13.2. The normalized spacial score (nSPS) is 14.6. The molecule has 0 fully saturated rings. The molecular formula is C12H19ClNO5P. The van der Waals surface area contributed by atoms with E-state index >= 15 is 0 Å². The SMILES string of the molecule is CC(C)OC(=O)C(C)N.O=P(O)(Cl)Oc1ccccc1. The fourth-order valence-corrected chi connectivity index (χ4v) is 1.57. The molecule has 0 heterocycles. The number of carbonyl (C=O) groups excluding carboxylic acids is 1. The van der Waals surface area contributed by atoms with Crippen molar-refractivity contribution >= 4 is 24.2 Å². The van der Waals surface area contributed by atoms with Crippen molar-refractivity contribution in [2.75, 3.05) is 0 Å². The number of esters is 1. The van der Waals surface area contributed by atoms with E-state index in [1.54, 1.807) is 51.1 Å². The summed E-state index contributed by atoms with van der Waals surface area (Å²) in [4.78, 5) is 19.2. The van der Waals surface area contributed by atoms with Crippen molar-refractivity contribution in [3.05, 3.63) is 30.3 Å². The van der Waals surface area contributed by atoms with E-state index in [9.17, 15) is 9.36 Å². The summed E-state index contributed by atoms with van der Waals surface area (Å²) in [6.07, 6.45) is -0.0662. The molecular weight excluding hydrogens is 305 g/mol. The van der Waals surface area contributed by atoms with Gasteiger partial charge < -0.3 is 19.9 Å². The molecule has 2 unspecified atom stereocenters. The van der Waals surface area contributed by atoms with Gasteiger partial charge in [0.25, 0.3) is 0 Å². The molecule has 3 N–H and O–H groups in total. The van der Waals surface area contributed by atoms with Crippen LogP contribution in [0.15, 0.2) is 30.3 Å². The van der Waals surface area contributed by atoms with Crippen molar-refractivity contribution in [3.63, 3.8) is 0 Å². The highest BCUT2D eigenvalue weighted by atomic mass is 35.7. The fraction of sp³-hybridized carbons (Fsp3) is 0.417. The van der Waals surface area contributed by atoms with Gasteiger partial charge in [0, 0.05) is 11.2 Å². The molecule has 1 aromatic carbocycles. The lowest BCUT2D eigenvalue weighted by Gasteiger charge is -2.08. The number of hydrogen-bond acceptors (Lipinski definition) is 5. The number of carbonyl (C=O) groups is 1. The lowest BCUT2D eigenvalue weighted by atomic mass is 10.3. The van der Waals surface area contributed by atoms with Crippen LogP contribution in [0.4, 0.5) is 0 Å². The first-order valence-electron chi connectivity index (χ1n) is 5.85. The van der Waals surface area contributed by atoms with Crippen LogP contribution >= 0.6 is 18.2 Å². The molecule has 114 valence electrons. The molecule has 0 saturated heterocycles. The molecule has 8 heteroatoms. The van der Waals surface area contributed by atoms with Gasteiger partial charge >= 0.3 is 12.9 Å². The minimum Gasteiger partial charge on any atom is -0.462 e. The second-order valence-electron chi connectivity index (χ2n) is 4.13. The van der Waals surface area contributed by atoms with E-state index in [1.807, 2.05) is 0 Å². The molecule has 0 radical (unpaired) electrons. The highest BCUT2D eigenvalue weighted by Gasteiger charge is 2.14. The maximum Gasteiger partial charge on any atom is 0.474 e. The summed E-state index contributed by atoms with van der Waals surface area (Å²) >= 11 is 4.96. The third-order valence-corrected chi connectivity index (χ3v) is 2.33. The van der Waals surface area contributed by atoms with E-state index in [2.05, 4.69) is 4.52 Å². The first kappa shape index (κ1) is 18.9. The Balaban J connectivity index is 0.000000370. The third kappa shape index (κ3) is 10.8. The molecule has 0 amide bonds. The summed E-state index contributed by atoms with van der Waals surface area (Å²) in [7, 11) is 0. The smallest absolute Gasteiger partial charge is 0.462 e. The first-order chi connectivity index (χ1) is 9.11. The number of hydrogen-bond donors (Lipinski definition) is 2. The van der Waals surface area contributed by atoms with Crippen LogP contribution in [-0.2, 0) is 14.1 Å². The Morgan fingerprint density at radius 1 is 1.30 bits per heavy atom. The Hall–Kier alpha value is -1.07. The third-order valence-electron chi connectivity index (χ3n) is 1.68. The van der Waals surface area contributed by atoms with Crippen LogP contribution < -0.4 is 10.3 Å². The van der Waals surface area contributed by atoms with Crippen molar-refractivity contribution in [2.45, 2.75) is 32.9 Å². The van der Waals surface area contributed by atoms with E-state index in [1.165, 1.54) is 0 Å². The first-order valence-corrected chi connectivity index (χ1v) is 8.33. The van der Waals surface area contributed by atoms with Crippen LogP contribution in [0.3, 0.4) is 0 Å². The Bertz CT molecular complexity index is 446. The molecule has 2 atom stereocenters. The van der Waals surface area contributed by atoms with Crippen LogP contribution in [0.25, 0.3) is 0 Å². The zero-order chi connectivity index (χ0) is 15.8. The second-order valence-corrected chi connectivity index (χ2v) is 6.50. The summed E-state index contributed by atoms with van der Waals surface area (Å²) in [6.45, 7) is 1.27. The largest absolute Gasteiger partial charge is 0.474 e. The molecule has 0 aliphatic carbocycles. The number of rotatable bonds is 4. The molecule has 0 spiro atoms. The number of halogens is 1. The average Bonchev–Trinajstić information content (AvgIpc) is 2.27. The van der Waals surface area contributed by atoms with Gasteiger partial charge in [-0.25, -0.2) is 4.57 Å². The molecule has 0 bridgehead atoms. The number of nitrogens with two attached hydrogens (primary N) is 1. The number of ether oxygens (including phenoxy) is 1. The maximum atomic E-state index is 10.6. The van der Waals surface area contributed by atoms with Crippen LogP contribution in [0, 0.1) is 0 Å². The lowest BCUT2D eigenvalue weighted by molar-refractivity contribution is -0.148. The molecule has 0 aliphatic rings. The van der Waals surface area contributed by atoms with Crippen LogP contribution in [0.5, 0.6) is 5.75 Å². The van der Waals surface area contributed by atoms with Gasteiger partial charge in [-0.2, -0.15) is 0 Å². The van der Waals surface area contributed by atoms with Gasteiger partial charge in [0.05, 0.1) is 6.10 Å². The van der Waals surface area contributed by atoms with Crippen molar-refractivity contribution < 1.29 is 23.5 Å². The molecule has 20 heavy (non-hydrogen) atoms. The van der Waals surface area contributed by atoms with Gasteiger partial charge in [-0.3, -0.25) is 4.79 Å². The van der Waals surface area contributed by atoms with Crippen LogP contribution in [0.2, 0.25) is 0 Å². The van der Waals surface area contributed by atoms with Crippen molar-refractivity contribution in [1.29, 1.82) is 0 Å². The van der Waals surface area contributed by atoms with Gasteiger partial charge in [-0.15, -0.1) is 0 Å². The van der Waals surface area contributed by atoms with Crippen molar-refractivity contribution in [3.8, 4) is 5.75 Å². The summed E-state index contributed by atoms with van der Waals surface area (Å²) < 4.78 is 19.7. The molecule has 0 aromatic heterocycles. The monoisotopic (exact) mass is 323 g/mol. The maximum absolute atomic E-state index is 10.6. The molecule has 0 aliphatic heterocycles. The second kappa shape index (κ2) is 8.97. The standard InChI is InChI=1S/C6H6ClO3P.C6H13NO2/c7-11(8,9)10-6-4-2-1-3-5-6;1-4(2)9-6(8)5(3)7/h1-5H,(H,8,9);4-5H,7H2,1-3H3. The van der Waals surface area contributed by atoms with Gasteiger partial charge in [-0.05, 0) is 32.9 Å². The topological polar surface area (TPSA) is 98.9 Å². The van der Waals surface area contributed by atoms with Crippen LogP contribution in [0.1, 0.15) is 20.8 Å². The highest BCUT2D eigenvalue weighted by Crippen LogP contribution is 2.47.